The van der Waals surface area contributed by atoms with Crippen molar-refractivity contribution in [2.24, 2.45) is 0 Å². The molecule has 2 heterocycles. The Balaban J connectivity index is 1.81. The molecular weight excluding hydrogens is 350 g/mol. The lowest BCUT2D eigenvalue weighted by Gasteiger charge is -2.29. The molecular formula is C19H27N3O3S. The SMILES string of the molecule is CCS(=O)(=O)c1ncc(CN2CCC(O)CC2)n1CCc1ccccc1. The number of aryl methyl sites for hydroxylation is 1. The molecule has 1 saturated heterocycles. The van der Waals surface area contributed by atoms with Crippen molar-refractivity contribution in [1.82, 2.24) is 14.5 Å². The Morgan fingerprint density at radius 3 is 2.54 bits per heavy atom. The van der Waals surface area contributed by atoms with Crippen LogP contribution >= 0.6 is 0 Å². The lowest BCUT2D eigenvalue weighted by Crippen LogP contribution is -2.36. The third-order valence-electron chi connectivity index (χ3n) is 4.97. The van der Waals surface area contributed by atoms with Gasteiger partial charge in [0.15, 0.2) is 0 Å². The van der Waals surface area contributed by atoms with Crippen molar-refractivity contribution < 1.29 is 13.5 Å². The van der Waals surface area contributed by atoms with Gasteiger partial charge in [-0.15, -0.1) is 0 Å². The normalized spacial score (nSPS) is 16.8. The van der Waals surface area contributed by atoms with Gasteiger partial charge < -0.3 is 9.67 Å². The van der Waals surface area contributed by atoms with E-state index in [9.17, 15) is 13.5 Å². The zero-order valence-electron chi connectivity index (χ0n) is 15.2. The van der Waals surface area contributed by atoms with E-state index >= 15 is 0 Å². The molecule has 3 rings (SSSR count). The first-order chi connectivity index (χ1) is 12.5. The van der Waals surface area contributed by atoms with Gasteiger partial charge in [0.25, 0.3) is 0 Å². The third kappa shape index (κ3) is 4.52. The standard InChI is InChI=1S/C19H27N3O3S/c1-2-26(24,25)19-20-14-17(15-21-11-9-18(23)10-12-21)22(19)13-8-16-6-4-3-5-7-16/h3-7,14,18,23H,2,8-13,15H2,1H3. The molecule has 1 aliphatic heterocycles. The molecule has 0 aliphatic carbocycles. The molecule has 1 aromatic carbocycles. The molecule has 0 radical (unpaired) electrons. The number of piperidine rings is 1. The van der Waals surface area contributed by atoms with Gasteiger partial charge >= 0.3 is 0 Å². The Bertz CT molecular complexity index is 810. The van der Waals surface area contributed by atoms with E-state index in [0.717, 1.165) is 38.0 Å². The fraction of sp³-hybridized carbons (Fsp3) is 0.526. The maximum Gasteiger partial charge on any atom is 0.227 e. The van der Waals surface area contributed by atoms with Gasteiger partial charge in [-0.25, -0.2) is 13.4 Å². The largest absolute Gasteiger partial charge is 0.393 e. The highest BCUT2D eigenvalue weighted by molar-refractivity contribution is 7.91. The number of hydrogen-bond donors (Lipinski definition) is 1. The van der Waals surface area contributed by atoms with E-state index in [-0.39, 0.29) is 17.0 Å². The minimum atomic E-state index is -3.37. The van der Waals surface area contributed by atoms with Crippen molar-refractivity contribution in [3.8, 4) is 0 Å². The minimum Gasteiger partial charge on any atom is -0.393 e. The highest BCUT2D eigenvalue weighted by Gasteiger charge is 2.24. The van der Waals surface area contributed by atoms with Gasteiger partial charge in [0.1, 0.15) is 0 Å². The summed E-state index contributed by atoms with van der Waals surface area (Å²) in [6.45, 7) is 4.54. The van der Waals surface area contributed by atoms with Crippen LogP contribution in [0.15, 0.2) is 41.7 Å². The summed E-state index contributed by atoms with van der Waals surface area (Å²) in [7, 11) is -3.37. The van der Waals surface area contributed by atoms with Crippen LogP contribution in [0, 0.1) is 0 Å². The number of likely N-dealkylation sites (tertiary alicyclic amines) is 1. The summed E-state index contributed by atoms with van der Waals surface area (Å²) in [5.74, 6) is 0.0463. The van der Waals surface area contributed by atoms with Crippen LogP contribution in [0.2, 0.25) is 0 Å². The number of benzene rings is 1. The second-order valence-corrected chi connectivity index (χ2v) is 9.00. The van der Waals surface area contributed by atoms with E-state index in [2.05, 4.69) is 22.0 Å². The van der Waals surface area contributed by atoms with Crippen LogP contribution in [0.25, 0.3) is 0 Å². The molecule has 2 aromatic rings. The van der Waals surface area contributed by atoms with E-state index < -0.39 is 9.84 Å². The number of nitrogens with zero attached hydrogens (tertiary/aromatic N) is 3. The zero-order valence-corrected chi connectivity index (χ0v) is 16.0. The van der Waals surface area contributed by atoms with E-state index in [1.165, 1.54) is 5.56 Å². The van der Waals surface area contributed by atoms with Crippen LogP contribution in [-0.2, 0) is 29.3 Å². The first kappa shape index (κ1) is 19.1. The van der Waals surface area contributed by atoms with E-state index in [0.29, 0.717) is 13.1 Å². The molecule has 142 valence electrons. The summed E-state index contributed by atoms with van der Waals surface area (Å²) < 4.78 is 26.8. The fourth-order valence-electron chi connectivity index (χ4n) is 3.33. The second kappa shape index (κ2) is 8.33. The Morgan fingerprint density at radius 1 is 1.19 bits per heavy atom. The maximum atomic E-state index is 12.5. The molecule has 1 aromatic heterocycles. The van der Waals surface area contributed by atoms with Gasteiger partial charge in [-0.2, -0.15) is 0 Å². The quantitative estimate of drug-likeness (QED) is 0.797. The van der Waals surface area contributed by atoms with Gasteiger partial charge in [0.05, 0.1) is 23.7 Å². The molecule has 0 amide bonds. The van der Waals surface area contributed by atoms with Gasteiger partial charge in [-0.3, -0.25) is 4.90 Å². The van der Waals surface area contributed by atoms with Gasteiger partial charge in [0, 0.05) is 26.2 Å². The number of imidazole rings is 1. The van der Waals surface area contributed by atoms with Crippen molar-refractivity contribution in [2.75, 3.05) is 18.8 Å². The molecule has 7 heteroatoms. The highest BCUT2D eigenvalue weighted by atomic mass is 32.2. The first-order valence-corrected chi connectivity index (χ1v) is 10.9. The van der Waals surface area contributed by atoms with Crippen LogP contribution < -0.4 is 0 Å². The van der Waals surface area contributed by atoms with Gasteiger partial charge in [-0.05, 0) is 24.8 Å². The Morgan fingerprint density at radius 2 is 1.88 bits per heavy atom. The summed E-state index contributed by atoms with van der Waals surface area (Å²) in [6.07, 6.45) is 3.76. The van der Waals surface area contributed by atoms with Crippen LogP contribution in [0.5, 0.6) is 0 Å². The first-order valence-electron chi connectivity index (χ1n) is 9.21. The summed E-state index contributed by atoms with van der Waals surface area (Å²) in [5.41, 5.74) is 2.09. The smallest absolute Gasteiger partial charge is 0.227 e. The Kier molecular flexibility index (Phi) is 6.11. The predicted molar refractivity (Wildman–Crippen MR) is 101 cm³/mol. The van der Waals surface area contributed by atoms with Crippen molar-refractivity contribution >= 4 is 9.84 Å². The van der Waals surface area contributed by atoms with E-state index in [1.807, 2.05) is 22.8 Å². The number of sulfone groups is 1. The lowest BCUT2D eigenvalue weighted by atomic mass is 10.1. The average Bonchev–Trinajstić information content (AvgIpc) is 3.06. The minimum absolute atomic E-state index is 0.0463. The van der Waals surface area contributed by atoms with Crippen molar-refractivity contribution in [3.63, 3.8) is 0 Å². The van der Waals surface area contributed by atoms with E-state index in [4.69, 9.17) is 0 Å². The van der Waals surface area contributed by atoms with Gasteiger partial charge in [-0.1, -0.05) is 37.3 Å². The number of hydrogen-bond acceptors (Lipinski definition) is 5. The molecule has 0 saturated carbocycles. The second-order valence-electron chi connectivity index (χ2n) is 6.83. The molecule has 1 aliphatic rings. The summed E-state index contributed by atoms with van der Waals surface area (Å²) >= 11 is 0. The summed E-state index contributed by atoms with van der Waals surface area (Å²) in [6, 6.07) is 10.1. The summed E-state index contributed by atoms with van der Waals surface area (Å²) in [5, 5.41) is 9.85. The Hall–Kier alpha value is -1.70. The molecule has 6 nitrogen and oxygen atoms in total. The topological polar surface area (TPSA) is 75.4 Å². The van der Waals surface area contributed by atoms with Crippen LogP contribution in [0.1, 0.15) is 31.0 Å². The van der Waals surface area contributed by atoms with Crippen molar-refractivity contribution in [2.45, 2.75) is 50.5 Å². The van der Waals surface area contributed by atoms with Crippen LogP contribution in [0.3, 0.4) is 0 Å². The molecule has 1 fully saturated rings. The maximum absolute atomic E-state index is 12.5. The highest BCUT2D eigenvalue weighted by Crippen LogP contribution is 2.19. The van der Waals surface area contributed by atoms with Crippen LogP contribution in [0.4, 0.5) is 0 Å². The monoisotopic (exact) mass is 377 g/mol. The van der Waals surface area contributed by atoms with Crippen molar-refractivity contribution in [1.29, 1.82) is 0 Å². The fourth-order valence-corrected chi connectivity index (χ4v) is 4.34. The lowest BCUT2D eigenvalue weighted by molar-refractivity contribution is 0.0780. The van der Waals surface area contributed by atoms with E-state index in [1.54, 1.807) is 13.1 Å². The number of aliphatic hydroxyl groups is 1. The molecule has 0 bridgehead atoms. The molecule has 0 atom stereocenters. The van der Waals surface area contributed by atoms with Crippen LogP contribution in [-0.4, -0.2) is 52.9 Å². The molecule has 1 N–H and O–H groups in total. The molecule has 26 heavy (non-hydrogen) atoms. The van der Waals surface area contributed by atoms with Gasteiger partial charge in [0.2, 0.25) is 15.0 Å². The molecule has 0 unspecified atom stereocenters. The predicted octanol–water partition coefficient (Wildman–Crippen LogP) is 1.88. The number of rotatable bonds is 7. The van der Waals surface area contributed by atoms with Crippen molar-refractivity contribution in [3.05, 3.63) is 47.8 Å². The third-order valence-corrected chi connectivity index (χ3v) is 6.61. The Labute approximate surface area is 155 Å². The number of aromatic nitrogens is 2. The molecule has 0 spiro atoms. The summed E-state index contributed by atoms with van der Waals surface area (Å²) in [4.78, 5) is 6.51. The zero-order chi connectivity index (χ0) is 18.6. The average molecular weight is 378 g/mol. The number of aliphatic hydroxyl groups excluding tert-OH is 1.